The number of hydrogen-bond acceptors (Lipinski definition) is 1. The van der Waals surface area contributed by atoms with Crippen LogP contribution in [0.1, 0.15) is 37.1 Å². The van der Waals surface area contributed by atoms with E-state index in [1.807, 2.05) is 18.2 Å². The van der Waals surface area contributed by atoms with E-state index < -0.39 is 0 Å². The van der Waals surface area contributed by atoms with Crippen molar-refractivity contribution in [1.29, 1.82) is 0 Å². The van der Waals surface area contributed by atoms with Crippen LogP contribution >= 0.6 is 43.5 Å². The van der Waals surface area contributed by atoms with Gasteiger partial charge in [-0.25, -0.2) is 0 Å². The standard InChI is InChI=1S/C16H16Br2ClN/c1-10(12-4-3-5-13(17)8-12)20-11(2)15-7-6-14(18)9-16(15)19/h3-11,20H,1-2H3/t10-,11?/m0/s1. The molecule has 0 heterocycles. The number of benzene rings is 2. The fraction of sp³-hybridized carbons (Fsp3) is 0.250. The molecule has 1 nitrogen and oxygen atoms in total. The van der Waals surface area contributed by atoms with Crippen LogP contribution in [0.3, 0.4) is 0 Å². The van der Waals surface area contributed by atoms with Gasteiger partial charge in [-0.1, -0.05) is 61.7 Å². The van der Waals surface area contributed by atoms with Gasteiger partial charge in [0.1, 0.15) is 0 Å². The monoisotopic (exact) mass is 415 g/mol. The van der Waals surface area contributed by atoms with Crippen LogP contribution in [-0.2, 0) is 0 Å². The average molecular weight is 418 g/mol. The van der Waals surface area contributed by atoms with E-state index in [-0.39, 0.29) is 12.1 Å². The van der Waals surface area contributed by atoms with Crippen molar-refractivity contribution in [2.45, 2.75) is 25.9 Å². The van der Waals surface area contributed by atoms with Crippen molar-refractivity contribution in [3.05, 3.63) is 67.6 Å². The lowest BCUT2D eigenvalue weighted by Crippen LogP contribution is -2.22. The van der Waals surface area contributed by atoms with E-state index in [1.165, 1.54) is 5.56 Å². The van der Waals surface area contributed by atoms with E-state index in [0.29, 0.717) is 0 Å². The van der Waals surface area contributed by atoms with Crippen LogP contribution < -0.4 is 5.32 Å². The molecule has 0 aromatic heterocycles. The van der Waals surface area contributed by atoms with Gasteiger partial charge >= 0.3 is 0 Å². The molecule has 4 heteroatoms. The molecule has 2 atom stereocenters. The number of hydrogen-bond donors (Lipinski definition) is 1. The highest BCUT2D eigenvalue weighted by molar-refractivity contribution is 9.10. The average Bonchev–Trinajstić information content (AvgIpc) is 2.38. The van der Waals surface area contributed by atoms with Gasteiger partial charge in [-0.2, -0.15) is 0 Å². The van der Waals surface area contributed by atoms with Gasteiger partial charge in [0.15, 0.2) is 0 Å². The van der Waals surface area contributed by atoms with Crippen molar-refractivity contribution >= 4 is 43.5 Å². The summed E-state index contributed by atoms with van der Waals surface area (Å²) in [5.41, 5.74) is 2.36. The zero-order chi connectivity index (χ0) is 14.7. The van der Waals surface area contributed by atoms with Gasteiger partial charge in [0.2, 0.25) is 0 Å². The van der Waals surface area contributed by atoms with E-state index >= 15 is 0 Å². The Morgan fingerprint density at radius 3 is 2.30 bits per heavy atom. The Labute approximate surface area is 142 Å². The Hall–Kier alpha value is -0.350. The second-order valence-corrected chi connectivity index (χ2v) is 7.07. The van der Waals surface area contributed by atoms with Crippen LogP contribution in [0.5, 0.6) is 0 Å². The minimum atomic E-state index is 0.185. The lowest BCUT2D eigenvalue weighted by atomic mass is 10.0. The molecule has 0 radical (unpaired) electrons. The smallest absolute Gasteiger partial charge is 0.0464 e. The normalized spacial score (nSPS) is 14.1. The van der Waals surface area contributed by atoms with Gasteiger partial charge in [-0.05, 0) is 49.2 Å². The molecule has 0 fully saturated rings. The Kier molecular flexibility index (Phi) is 5.67. The number of rotatable bonds is 4. The Morgan fingerprint density at radius 2 is 1.65 bits per heavy atom. The first-order chi connectivity index (χ1) is 9.47. The molecule has 0 amide bonds. The third-order valence-electron chi connectivity index (χ3n) is 3.28. The van der Waals surface area contributed by atoms with E-state index in [0.717, 1.165) is 19.5 Å². The molecule has 20 heavy (non-hydrogen) atoms. The van der Waals surface area contributed by atoms with Crippen LogP contribution in [-0.4, -0.2) is 0 Å². The minimum absolute atomic E-state index is 0.185. The molecule has 2 aromatic rings. The summed E-state index contributed by atoms with van der Waals surface area (Å²) >= 11 is 13.2. The Bertz CT molecular complexity index is 601. The largest absolute Gasteiger partial charge is 0.304 e. The predicted octanol–water partition coefficient (Wildman–Crippen LogP) is 6.28. The molecule has 0 aliphatic rings. The van der Waals surface area contributed by atoms with Crippen molar-refractivity contribution in [2.75, 3.05) is 0 Å². The summed E-state index contributed by atoms with van der Waals surface area (Å²) < 4.78 is 2.09. The third-order valence-corrected chi connectivity index (χ3v) is 4.59. The number of nitrogens with one attached hydrogen (secondary N) is 1. The molecule has 0 bridgehead atoms. The first-order valence-electron chi connectivity index (χ1n) is 6.44. The fourth-order valence-electron chi connectivity index (χ4n) is 2.19. The van der Waals surface area contributed by atoms with Gasteiger partial charge in [0.25, 0.3) is 0 Å². The maximum absolute atomic E-state index is 6.30. The van der Waals surface area contributed by atoms with Crippen LogP contribution in [0.4, 0.5) is 0 Å². The molecule has 0 spiro atoms. The molecular weight excluding hydrogens is 401 g/mol. The molecule has 0 aliphatic carbocycles. The van der Waals surface area contributed by atoms with Gasteiger partial charge in [-0.15, -0.1) is 0 Å². The van der Waals surface area contributed by atoms with Gasteiger partial charge in [-0.3, -0.25) is 0 Å². The lowest BCUT2D eigenvalue weighted by Gasteiger charge is -2.22. The first kappa shape index (κ1) is 16.0. The molecule has 1 N–H and O–H groups in total. The maximum Gasteiger partial charge on any atom is 0.0464 e. The van der Waals surface area contributed by atoms with E-state index in [9.17, 15) is 0 Å². The molecule has 0 saturated heterocycles. The van der Waals surface area contributed by atoms with E-state index in [4.69, 9.17) is 11.6 Å². The van der Waals surface area contributed by atoms with Crippen molar-refractivity contribution in [2.24, 2.45) is 0 Å². The van der Waals surface area contributed by atoms with E-state index in [2.05, 4.69) is 75.3 Å². The molecule has 2 aromatic carbocycles. The topological polar surface area (TPSA) is 12.0 Å². The highest BCUT2D eigenvalue weighted by Crippen LogP contribution is 2.28. The van der Waals surface area contributed by atoms with Crippen molar-refractivity contribution in [3.63, 3.8) is 0 Å². The van der Waals surface area contributed by atoms with Crippen LogP contribution in [0, 0.1) is 0 Å². The lowest BCUT2D eigenvalue weighted by molar-refractivity contribution is 0.494. The highest BCUT2D eigenvalue weighted by atomic mass is 79.9. The fourth-order valence-corrected chi connectivity index (χ4v) is 3.44. The summed E-state index contributed by atoms with van der Waals surface area (Å²) in [5.74, 6) is 0. The van der Waals surface area contributed by atoms with Crippen LogP contribution in [0.2, 0.25) is 5.02 Å². The van der Waals surface area contributed by atoms with Gasteiger partial charge < -0.3 is 5.32 Å². The quantitative estimate of drug-likeness (QED) is 0.618. The summed E-state index contributed by atoms with van der Waals surface area (Å²) in [6.45, 7) is 4.29. The zero-order valence-electron chi connectivity index (χ0n) is 11.3. The van der Waals surface area contributed by atoms with Gasteiger partial charge in [0, 0.05) is 26.1 Å². The first-order valence-corrected chi connectivity index (χ1v) is 8.40. The maximum atomic E-state index is 6.30. The highest BCUT2D eigenvalue weighted by Gasteiger charge is 2.14. The Balaban J connectivity index is 2.12. The van der Waals surface area contributed by atoms with E-state index in [1.54, 1.807) is 0 Å². The van der Waals surface area contributed by atoms with Crippen molar-refractivity contribution in [1.82, 2.24) is 5.32 Å². The summed E-state index contributed by atoms with van der Waals surface area (Å²) in [6.07, 6.45) is 0. The van der Waals surface area contributed by atoms with Crippen LogP contribution in [0.15, 0.2) is 51.4 Å². The molecule has 1 unspecified atom stereocenters. The van der Waals surface area contributed by atoms with Crippen molar-refractivity contribution in [3.8, 4) is 0 Å². The zero-order valence-corrected chi connectivity index (χ0v) is 15.3. The summed E-state index contributed by atoms with van der Waals surface area (Å²) in [5, 5.41) is 4.36. The second-order valence-electron chi connectivity index (χ2n) is 4.83. The SMILES string of the molecule is CC(N[C@@H](C)c1cccc(Br)c1)c1ccc(Br)cc1Cl. The van der Waals surface area contributed by atoms with Crippen molar-refractivity contribution < 1.29 is 0 Å². The number of halogens is 3. The second kappa shape index (κ2) is 7.08. The van der Waals surface area contributed by atoms with Crippen LogP contribution in [0.25, 0.3) is 0 Å². The third kappa shape index (κ3) is 4.08. The summed E-state index contributed by atoms with van der Waals surface area (Å²) in [4.78, 5) is 0. The minimum Gasteiger partial charge on any atom is -0.304 e. The molecule has 0 saturated carbocycles. The molecule has 0 aliphatic heterocycles. The summed E-state index contributed by atoms with van der Waals surface area (Å²) in [6, 6.07) is 14.8. The molecule has 106 valence electrons. The van der Waals surface area contributed by atoms with Gasteiger partial charge in [0.05, 0.1) is 0 Å². The summed E-state index contributed by atoms with van der Waals surface area (Å²) in [7, 11) is 0. The Morgan fingerprint density at radius 1 is 0.950 bits per heavy atom. The predicted molar refractivity (Wildman–Crippen MR) is 93.3 cm³/mol. The molecular formula is C16H16Br2ClN. The molecule has 2 rings (SSSR count).